The van der Waals surface area contributed by atoms with E-state index in [2.05, 4.69) is 5.32 Å². The molecule has 1 aromatic heterocycles. The smallest absolute Gasteiger partial charge is 0.224 e. The molecular weight excluding hydrogens is 232 g/mol. The van der Waals surface area contributed by atoms with Crippen LogP contribution in [0.4, 0.5) is 0 Å². The Morgan fingerprint density at radius 2 is 2.27 bits per heavy atom. The van der Waals surface area contributed by atoms with Crippen molar-refractivity contribution in [3.63, 3.8) is 0 Å². The fraction of sp³-hybridized carbons (Fsp3) is 0.500. The lowest BCUT2D eigenvalue weighted by Gasteiger charge is -2.18. The lowest BCUT2D eigenvalue weighted by Crippen LogP contribution is -2.45. The Balaban J connectivity index is 0.00000196. The van der Waals surface area contributed by atoms with Gasteiger partial charge >= 0.3 is 0 Å². The summed E-state index contributed by atoms with van der Waals surface area (Å²) in [7, 11) is 0. The Bertz CT molecular complexity index is 293. The molecule has 0 spiro atoms. The fourth-order valence-corrected chi connectivity index (χ4v) is 1.64. The van der Waals surface area contributed by atoms with Gasteiger partial charge in [-0.05, 0) is 36.2 Å². The van der Waals surface area contributed by atoms with Crippen molar-refractivity contribution >= 4 is 29.7 Å². The number of halogens is 1. The van der Waals surface area contributed by atoms with E-state index in [1.54, 1.807) is 11.3 Å². The summed E-state index contributed by atoms with van der Waals surface area (Å²) in [6, 6.07) is 1.96. The van der Waals surface area contributed by atoms with Crippen LogP contribution in [0.3, 0.4) is 0 Å². The minimum Gasteiger partial charge on any atom is -0.354 e. The second-order valence-electron chi connectivity index (χ2n) is 4.07. The molecule has 5 heteroatoms. The van der Waals surface area contributed by atoms with E-state index in [-0.39, 0.29) is 23.9 Å². The van der Waals surface area contributed by atoms with E-state index in [9.17, 15) is 4.79 Å². The largest absolute Gasteiger partial charge is 0.354 e. The maximum Gasteiger partial charge on any atom is 0.224 e. The first-order valence-corrected chi connectivity index (χ1v) is 5.48. The van der Waals surface area contributed by atoms with Crippen LogP contribution >= 0.6 is 23.7 Å². The zero-order chi connectivity index (χ0) is 10.6. The van der Waals surface area contributed by atoms with Crippen molar-refractivity contribution in [2.75, 3.05) is 6.54 Å². The first-order chi connectivity index (χ1) is 6.47. The molecule has 0 saturated heterocycles. The van der Waals surface area contributed by atoms with E-state index < -0.39 is 0 Å². The highest BCUT2D eigenvalue weighted by molar-refractivity contribution is 7.07. The third-order valence-electron chi connectivity index (χ3n) is 1.69. The molecule has 0 radical (unpaired) electrons. The Morgan fingerprint density at radius 1 is 1.60 bits per heavy atom. The SMILES string of the molecule is CC(C)(N)CNC(=O)Cc1ccsc1.Cl. The number of carbonyl (C=O) groups excluding carboxylic acids is 1. The standard InChI is InChI=1S/C10H16N2OS.ClH/c1-10(2,11)7-12-9(13)5-8-3-4-14-6-8;/h3-4,6H,5,7,11H2,1-2H3,(H,12,13);1H. The molecule has 0 unspecified atom stereocenters. The summed E-state index contributed by atoms with van der Waals surface area (Å²) in [5.74, 6) is 0.0296. The van der Waals surface area contributed by atoms with Gasteiger partial charge in [0, 0.05) is 12.1 Å². The first-order valence-electron chi connectivity index (χ1n) is 4.54. The van der Waals surface area contributed by atoms with E-state index >= 15 is 0 Å². The van der Waals surface area contributed by atoms with Crippen LogP contribution in [-0.2, 0) is 11.2 Å². The van der Waals surface area contributed by atoms with Crippen LogP contribution in [0.25, 0.3) is 0 Å². The molecule has 0 bridgehead atoms. The monoisotopic (exact) mass is 248 g/mol. The summed E-state index contributed by atoms with van der Waals surface area (Å²) in [5.41, 5.74) is 6.46. The van der Waals surface area contributed by atoms with Gasteiger partial charge in [-0.2, -0.15) is 11.3 Å². The summed E-state index contributed by atoms with van der Waals surface area (Å²) < 4.78 is 0. The van der Waals surface area contributed by atoms with Crippen molar-refractivity contribution in [3.05, 3.63) is 22.4 Å². The summed E-state index contributed by atoms with van der Waals surface area (Å²) in [6.07, 6.45) is 0.444. The van der Waals surface area contributed by atoms with Gasteiger partial charge in [0.05, 0.1) is 6.42 Å². The number of amides is 1. The quantitative estimate of drug-likeness (QED) is 0.850. The summed E-state index contributed by atoms with van der Waals surface area (Å²) in [6.45, 7) is 4.28. The highest BCUT2D eigenvalue weighted by Gasteiger charge is 2.12. The molecule has 0 aromatic carbocycles. The highest BCUT2D eigenvalue weighted by Crippen LogP contribution is 2.06. The average Bonchev–Trinajstić information content (AvgIpc) is 2.52. The summed E-state index contributed by atoms with van der Waals surface area (Å²) in [5, 5.41) is 6.75. The zero-order valence-electron chi connectivity index (χ0n) is 8.95. The molecule has 0 aliphatic heterocycles. The molecule has 1 aromatic rings. The normalized spacial score (nSPS) is 10.6. The van der Waals surface area contributed by atoms with Crippen molar-refractivity contribution in [2.24, 2.45) is 5.73 Å². The van der Waals surface area contributed by atoms with Crippen LogP contribution in [0, 0.1) is 0 Å². The van der Waals surface area contributed by atoms with Gasteiger partial charge in [-0.25, -0.2) is 0 Å². The minimum atomic E-state index is -0.343. The predicted octanol–water partition coefficient (Wildman–Crippen LogP) is 1.57. The first kappa shape index (κ1) is 14.4. The topological polar surface area (TPSA) is 55.1 Å². The number of rotatable bonds is 4. The van der Waals surface area contributed by atoms with Crippen LogP contribution in [0.1, 0.15) is 19.4 Å². The molecule has 15 heavy (non-hydrogen) atoms. The Labute approximate surface area is 100 Å². The lowest BCUT2D eigenvalue weighted by atomic mass is 10.1. The van der Waals surface area contributed by atoms with Crippen molar-refractivity contribution in [2.45, 2.75) is 25.8 Å². The number of nitrogens with two attached hydrogens (primary N) is 1. The fourth-order valence-electron chi connectivity index (χ4n) is 0.968. The van der Waals surface area contributed by atoms with Gasteiger partial charge in [0.1, 0.15) is 0 Å². The van der Waals surface area contributed by atoms with Crippen LogP contribution in [-0.4, -0.2) is 18.0 Å². The van der Waals surface area contributed by atoms with Gasteiger partial charge in [-0.1, -0.05) is 0 Å². The van der Waals surface area contributed by atoms with Gasteiger partial charge in [-0.3, -0.25) is 4.79 Å². The maximum atomic E-state index is 11.4. The van der Waals surface area contributed by atoms with E-state index in [1.807, 2.05) is 30.7 Å². The lowest BCUT2D eigenvalue weighted by molar-refractivity contribution is -0.120. The Kier molecular flexibility index (Phi) is 5.87. The number of hydrogen-bond donors (Lipinski definition) is 2. The molecule has 0 fully saturated rings. The van der Waals surface area contributed by atoms with Gasteiger partial charge in [-0.15, -0.1) is 12.4 Å². The maximum absolute atomic E-state index is 11.4. The molecule has 86 valence electrons. The molecule has 3 nitrogen and oxygen atoms in total. The number of carbonyl (C=O) groups is 1. The van der Waals surface area contributed by atoms with E-state index in [1.165, 1.54) is 0 Å². The number of nitrogens with one attached hydrogen (secondary N) is 1. The summed E-state index contributed by atoms with van der Waals surface area (Å²) >= 11 is 1.60. The molecule has 1 rings (SSSR count). The molecule has 0 aliphatic carbocycles. The van der Waals surface area contributed by atoms with Crippen molar-refractivity contribution in [3.8, 4) is 0 Å². The van der Waals surface area contributed by atoms with Crippen LogP contribution in [0.15, 0.2) is 16.8 Å². The van der Waals surface area contributed by atoms with Gasteiger partial charge < -0.3 is 11.1 Å². The third kappa shape index (κ3) is 6.49. The van der Waals surface area contributed by atoms with Crippen molar-refractivity contribution in [1.82, 2.24) is 5.32 Å². The molecule has 3 N–H and O–H groups in total. The molecule has 1 heterocycles. The predicted molar refractivity (Wildman–Crippen MR) is 66.5 cm³/mol. The van der Waals surface area contributed by atoms with Gasteiger partial charge in [0.15, 0.2) is 0 Å². The molecule has 0 aliphatic rings. The average molecular weight is 249 g/mol. The highest BCUT2D eigenvalue weighted by atomic mass is 35.5. The zero-order valence-corrected chi connectivity index (χ0v) is 10.6. The minimum absolute atomic E-state index is 0. The molecule has 1 amide bonds. The summed E-state index contributed by atoms with van der Waals surface area (Å²) in [4.78, 5) is 11.4. The second-order valence-corrected chi connectivity index (χ2v) is 4.85. The molecular formula is C10H17ClN2OS. The van der Waals surface area contributed by atoms with Gasteiger partial charge in [0.2, 0.25) is 5.91 Å². The van der Waals surface area contributed by atoms with Crippen molar-refractivity contribution in [1.29, 1.82) is 0 Å². The Morgan fingerprint density at radius 3 is 2.73 bits per heavy atom. The van der Waals surface area contributed by atoms with E-state index in [0.29, 0.717) is 13.0 Å². The second kappa shape index (κ2) is 6.10. The Hall–Kier alpha value is -0.580. The van der Waals surface area contributed by atoms with E-state index in [0.717, 1.165) is 5.56 Å². The van der Waals surface area contributed by atoms with Gasteiger partial charge in [0.25, 0.3) is 0 Å². The van der Waals surface area contributed by atoms with Crippen LogP contribution in [0.5, 0.6) is 0 Å². The number of thiophene rings is 1. The molecule has 0 atom stereocenters. The number of hydrogen-bond acceptors (Lipinski definition) is 3. The van der Waals surface area contributed by atoms with Crippen molar-refractivity contribution < 1.29 is 4.79 Å². The van der Waals surface area contributed by atoms with E-state index in [4.69, 9.17) is 5.73 Å². The third-order valence-corrected chi connectivity index (χ3v) is 2.42. The molecule has 0 saturated carbocycles. The van der Waals surface area contributed by atoms with Crippen LogP contribution < -0.4 is 11.1 Å². The van der Waals surface area contributed by atoms with Crippen LogP contribution in [0.2, 0.25) is 0 Å².